The third-order valence-electron chi connectivity index (χ3n) is 4.26. The number of carbonyl (C=O) groups is 1. The molecule has 0 unspecified atom stereocenters. The van der Waals surface area contributed by atoms with Crippen molar-refractivity contribution in [2.45, 2.75) is 38.4 Å². The van der Waals surface area contributed by atoms with Crippen LogP contribution in [0.2, 0.25) is 0 Å². The number of thioether (sulfide) groups is 1. The van der Waals surface area contributed by atoms with Gasteiger partial charge in [-0.1, -0.05) is 68.1 Å². The molecule has 2 aromatic carbocycles. The van der Waals surface area contributed by atoms with E-state index in [9.17, 15) is 4.79 Å². The molecular weight excluding hydrogens is 356 g/mol. The maximum Gasteiger partial charge on any atom is 0.234 e. The third kappa shape index (κ3) is 4.77. The molecule has 0 radical (unpaired) electrons. The Morgan fingerprint density at radius 1 is 1.07 bits per heavy atom. The van der Waals surface area contributed by atoms with Crippen LogP contribution in [0.4, 0.5) is 5.69 Å². The van der Waals surface area contributed by atoms with Crippen LogP contribution in [0.25, 0.3) is 11.4 Å². The zero-order chi connectivity index (χ0) is 19.2. The van der Waals surface area contributed by atoms with Crippen LogP contribution in [0.3, 0.4) is 0 Å². The van der Waals surface area contributed by atoms with Gasteiger partial charge in [0.1, 0.15) is 0 Å². The van der Waals surface area contributed by atoms with E-state index in [1.165, 1.54) is 17.3 Å². The van der Waals surface area contributed by atoms with Crippen LogP contribution >= 0.6 is 11.8 Å². The number of nitrogens with one attached hydrogen (secondary N) is 1. The third-order valence-corrected chi connectivity index (χ3v) is 5.23. The SMILES string of the molecule is CCn1c(SCC(=O)Nc2ccc(C(C)C)cc2)nnc1-c1ccccc1. The largest absolute Gasteiger partial charge is 0.325 e. The fraction of sp³-hybridized carbons (Fsp3) is 0.286. The zero-order valence-electron chi connectivity index (χ0n) is 15.8. The lowest BCUT2D eigenvalue weighted by molar-refractivity contribution is -0.113. The fourth-order valence-corrected chi connectivity index (χ4v) is 3.56. The van der Waals surface area contributed by atoms with Crippen molar-refractivity contribution in [2.24, 2.45) is 0 Å². The molecule has 0 bridgehead atoms. The monoisotopic (exact) mass is 380 g/mol. The van der Waals surface area contributed by atoms with Crippen molar-refractivity contribution in [1.29, 1.82) is 0 Å². The minimum atomic E-state index is -0.0517. The Morgan fingerprint density at radius 3 is 2.41 bits per heavy atom. The summed E-state index contributed by atoms with van der Waals surface area (Å²) < 4.78 is 2.03. The van der Waals surface area contributed by atoms with Crippen LogP contribution < -0.4 is 5.32 Å². The lowest BCUT2D eigenvalue weighted by Crippen LogP contribution is -2.14. The van der Waals surface area contributed by atoms with Crippen LogP contribution in [0, 0.1) is 0 Å². The highest BCUT2D eigenvalue weighted by atomic mass is 32.2. The molecule has 140 valence electrons. The van der Waals surface area contributed by atoms with Crippen molar-refractivity contribution in [3.05, 3.63) is 60.2 Å². The Bertz CT molecular complexity index is 888. The molecule has 0 fully saturated rings. The molecule has 0 aliphatic rings. The maximum absolute atomic E-state index is 12.3. The minimum absolute atomic E-state index is 0.0517. The van der Waals surface area contributed by atoms with Crippen LogP contribution in [0.1, 0.15) is 32.3 Å². The van der Waals surface area contributed by atoms with Gasteiger partial charge in [0.05, 0.1) is 5.75 Å². The summed E-state index contributed by atoms with van der Waals surface area (Å²) >= 11 is 1.40. The van der Waals surface area contributed by atoms with E-state index < -0.39 is 0 Å². The van der Waals surface area contributed by atoms with Gasteiger partial charge in [0.15, 0.2) is 11.0 Å². The zero-order valence-corrected chi connectivity index (χ0v) is 16.7. The van der Waals surface area contributed by atoms with E-state index >= 15 is 0 Å². The van der Waals surface area contributed by atoms with Gasteiger partial charge in [-0.05, 0) is 30.5 Å². The molecule has 3 rings (SSSR count). The standard InChI is InChI=1S/C21H24N4OS/c1-4-25-20(17-8-6-5-7-9-17)23-24-21(25)27-14-19(26)22-18-12-10-16(11-13-18)15(2)3/h5-13,15H,4,14H2,1-3H3,(H,22,26). The summed E-state index contributed by atoms with van der Waals surface area (Å²) in [5.74, 6) is 1.54. The summed E-state index contributed by atoms with van der Waals surface area (Å²) in [6.07, 6.45) is 0. The molecule has 1 amide bonds. The van der Waals surface area contributed by atoms with Crippen molar-refractivity contribution in [3.63, 3.8) is 0 Å². The van der Waals surface area contributed by atoms with Gasteiger partial charge in [-0.3, -0.25) is 4.79 Å². The summed E-state index contributed by atoms with van der Waals surface area (Å²) in [6.45, 7) is 7.10. The number of benzene rings is 2. The number of rotatable bonds is 7. The van der Waals surface area contributed by atoms with Gasteiger partial charge < -0.3 is 9.88 Å². The van der Waals surface area contributed by atoms with E-state index in [4.69, 9.17) is 0 Å². The number of amides is 1. The number of anilines is 1. The van der Waals surface area contributed by atoms with E-state index in [0.29, 0.717) is 11.7 Å². The molecule has 1 aromatic heterocycles. The van der Waals surface area contributed by atoms with E-state index in [2.05, 4.69) is 36.3 Å². The summed E-state index contributed by atoms with van der Waals surface area (Å²) in [5.41, 5.74) is 3.09. The first kappa shape index (κ1) is 19.2. The first-order chi connectivity index (χ1) is 13.1. The topological polar surface area (TPSA) is 59.8 Å². The van der Waals surface area contributed by atoms with Gasteiger partial charge in [0.25, 0.3) is 0 Å². The van der Waals surface area contributed by atoms with E-state index in [-0.39, 0.29) is 5.91 Å². The molecule has 1 N–H and O–H groups in total. The van der Waals surface area contributed by atoms with Gasteiger partial charge in [0, 0.05) is 17.8 Å². The Balaban J connectivity index is 1.63. The van der Waals surface area contributed by atoms with Crippen LogP contribution in [-0.2, 0) is 11.3 Å². The summed E-state index contributed by atoms with van der Waals surface area (Å²) in [7, 11) is 0. The Labute approximate surface area is 164 Å². The van der Waals surface area contributed by atoms with Crippen molar-refractivity contribution in [1.82, 2.24) is 14.8 Å². The average Bonchev–Trinajstić information content (AvgIpc) is 3.10. The molecule has 0 saturated carbocycles. The summed E-state index contributed by atoms with van der Waals surface area (Å²) in [4.78, 5) is 12.3. The number of hydrogen-bond acceptors (Lipinski definition) is 4. The molecular formula is C21H24N4OS. The average molecular weight is 381 g/mol. The number of nitrogens with zero attached hydrogens (tertiary/aromatic N) is 3. The predicted octanol–water partition coefficient (Wildman–Crippen LogP) is 4.82. The molecule has 6 heteroatoms. The highest BCUT2D eigenvalue weighted by Gasteiger charge is 2.14. The highest BCUT2D eigenvalue weighted by molar-refractivity contribution is 7.99. The summed E-state index contributed by atoms with van der Waals surface area (Å²) in [6, 6.07) is 17.9. The quantitative estimate of drug-likeness (QED) is 0.597. The summed E-state index contributed by atoms with van der Waals surface area (Å²) in [5, 5.41) is 12.3. The molecule has 3 aromatic rings. The second-order valence-corrected chi connectivity index (χ2v) is 7.47. The van der Waals surface area contributed by atoms with Gasteiger partial charge in [-0.2, -0.15) is 0 Å². The molecule has 0 saturated heterocycles. The Morgan fingerprint density at radius 2 is 1.78 bits per heavy atom. The van der Waals surface area contributed by atoms with Crippen molar-refractivity contribution in [3.8, 4) is 11.4 Å². The van der Waals surface area contributed by atoms with Gasteiger partial charge in [0.2, 0.25) is 5.91 Å². The molecule has 0 atom stereocenters. The molecule has 0 aliphatic carbocycles. The molecule has 0 spiro atoms. The highest BCUT2D eigenvalue weighted by Crippen LogP contribution is 2.24. The lowest BCUT2D eigenvalue weighted by Gasteiger charge is -2.09. The van der Waals surface area contributed by atoms with Crippen molar-refractivity contribution >= 4 is 23.4 Å². The minimum Gasteiger partial charge on any atom is -0.325 e. The van der Waals surface area contributed by atoms with Crippen LogP contribution in [0.5, 0.6) is 0 Å². The first-order valence-corrected chi connectivity index (χ1v) is 10.1. The fourth-order valence-electron chi connectivity index (χ4n) is 2.76. The van der Waals surface area contributed by atoms with Gasteiger partial charge >= 0.3 is 0 Å². The smallest absolute Gasteiger partial charge is 0.234 e. The molecule has 5 nitrogen and oxygen atoms in total. The first-order valence-electron chi connectivity index (χ1n) is 9.09. The normalized spacial score (nSPS) is 11.0. The van der Waals surface area contributed by atoms with Crippen LogP contribution in [-0.4, -0.2) is 26.4 Å². The second kappa shape index (κ2) is 8.86. The molecule has 0 aliphatic heterocycles. The lowest BCUT2D eigenvalue weighted by atomic mass is 10.0. The number of hydrogen-bond donors (Lipinski definition) is 1. The second-order valence-electron chi connectivity index (χ2n) is 6.53. The predicted molar refractivity (Wildman–Crippen MR) is 111 cm³/mol. The van der Waals surface area contributed by atoms with E-state index in [0.717, 1.165) is 28.8 Å². The van der Waals surface area contributed by atoms with E-state index in [1.807, 2.05) is 59.2 Å². The van der Waals surface area contributed by atoms with Gasteiger partial charge in [-0.25, -0.2) is 0 Å². The molecule has 27 heavy (non-hydrogen) atoms. The number of aromatic nitrogens is 3. The van der Waals surface area contributed by atoms with Crippen LogP contribution in [0.15, 0.2) is 59.8 Å². The maximum atomic E-state index is 12.3. The molecule has 1 heterocycles. The van der Waals surface area contributed by atoms with Crippen molar-refractivity contribution in [2.75, 3.05) is 11.1 Å². The number of carbonyl (C=O) groups excluding carboxylic acids is 1. The Kier molecular flexibility index (Phi) is 6.29. The Hall–Kier alpha value is -2.60. The van der Waals surface area contributed by atoms with E-state index in [1.54, 1.807) is 0 Å². The van der Waals surface area contributed by atoms with Crippen molar-refractivity contribution < 1.29 is 4.79 Å². The van der Waals surface area contributed by atoms with Gasteiger partial charge in [-0.15, -0.1) is 10.2 Å².